The van der Waals surface area contributed by atoms with Gasteiger partial charge in [0.15, 0.2) is 0 Å². The van der Waals surface area contributed by atoms with E-state index in [2.05, 4.69) is 19.2 Å². The van der Waals surface area contributed by atoms with Crippen LogP contribution in [0.2, 0.25) is 0 Å². The third-order valence-corrected chi connectivity index (χ3v) is 3.77. The molecule has 4 heteroatoms. The maximum absolute atomic E-state index is 11.8. The lowest BCUT2D eigenvalue weighted by Crippen LogP contribution is -2.25. The second kappa shape index (κ2) is 3.85. The highest BCUT2D eigenvalue weighted by Crippen LogP contribution is 2.31. The summed E-state index contributed by atoms with van der Waals surface area (Å²) in [6.07, 6.45) is 2.21. The van der Waals surface area contributed by atoms with E-state index in [9.17, 15) is 4.79 Å². The van der Waals surface area contributed by atoms with Crippen LogP contribution in [0, 0.1) is 0 Å². The average Bonchev–Trinajstić information content (AvgIpc) is 2.86. The van der Waals surface area contributed by atoms with E-state index in [0.717, 1.165) is 12.8 Å². The van der Waals surface area contributed by atoms with Crippen molar-refractivity contribution in [3.63, 3.8) is 0 Å². The molecule has 1 fully saturated rings. The normalized spacial score (nSPS) is 15.7. The summed E-state index contributed by atoms with van der Waals surface area (Å²) in [5.41, 5.74) is 6.48. The molecule has 3 nitrogen and oxygen atoms in total. The smallest absolute Gasteiger partial charge is 0.254 e. The Kier molecular flexibility index (Phi) is 2.69. The van der Waals surface area contributed by atoms with Crippen LogP contribution >= 0.6 is 11.3 Å². The molecule has 1 heterocycles. The molecule has 0 aromatic carbocycles. The highest BCUT2D eigenvalue weighted by molar-refractivity contribution is 7.16. The Labute approximate surface area is 93.7 Å². The Morgan fingerprint density at radius 1 is 1.60 bits per heavy atom. The summed E-state index contributed by atoms with van der Waals surface area (Å²) in [6.45, 7) is 4.21. The second-order valence-electron chi connectivity index (χ2n) is 4.33. The first kappa shape index (κ1) is 10.5. The van der Waals surface area contributed by atoms with Gasteiger partial charge in [-0.25, -0.2) is 0 Å². The number of carbonyl (C=O) groups excluding carboxylic acids is 1. The van der Waals surface area contributed by atoms with Gasteiger partial charge in [0.05, 0.1) is 10.6 Å². The maximum atomic E-state index is 11.8. The van der Waals surface area contributed by atoms with E-state index in [1.54, 1.807) is 0 Å². The minimum absolute atomic E-state index is 0.0156. The van der Waals surface area contributed by atoms with Crippen molar-refractivity contribution < 1.29 is 4.79 Å². The number of rotatable bonds is 3. The van der Waals surface area contributed by atoms with Gasteiger partial charge in [-0.1, -0.05) is 13.8 Å². The molecule has 1 aliphatic carbocycles. The Morgan fingerprint density at radius 2 is 2.27 bits per heavy atom. The minimum Gasteiger partial charge on any atom is -0.390 e. The van der Waals surface area contributed by atoms with Crippen LogP contribution in [0.5, 0.6) is 0 Å². The molecule has 1 amide bonds. The molecule has 1 aromatic rings. The third-order valence-electron chi connectivity index (χ3n) is 2.51. The Morgan fingerprint density at radius 3 is 2.73 bits per heavy atom. The predicted molar refractivity (Wildman–Crippen MR) is 63.3 cm³/mol. The molecule has 0 bridgehead atoms. The summed E-state index contributed by atoms with van der Waals surface area (Å²) >= 11 is 1.52. The van der Waals surface area contributed by atoms with Crippen molar-refractivity contribution in [3.8, 4) is 0 Å². The number of nitrogens with one attached hydrogen (secondary N) is 1. The van der Waals surface area contributed by atoms with Crippen molar-refractivity contribution >= 4 is 22.2 Å². The molecule has 1 aliphatic rings. The lowest BCUT2D eigenvalue weighted by atomic mass is 10.1. The monoisotopic (exact) mass is 224 g/mol. The number of hydrogen-bond donors (Lipinski definition) is 2. The quantitative estimate of drug-likeness (QED) is 0.828. The summed E-state index contributed by atoms with van der Waals surface area (Å²) < 4.78 is 0. The molecule has 1 saturated carbocycles. The lowest BCUT2D eigenvalue weighted by molar-refractivity contribution is 0.0952. The predicted octanol–water partition coefficient (Wildman–Crippen LogP) is 2.35. The zero-order chi connectivity index (χ0) is 11.0. The number of nitrogens with two attached hydrogens (primary N) is 1. The molecule has 0 atom stereocenters. The van der Waals surface area contributed by atoms with Crippen molar-refractivity contribution in [2.75, 3.05) is 5.73 Å². The van der Waals surface area contributed by atoms with Crippen LogP contribution in [-0.4, -0.2) is 11.9 Å². The topological polar surface area (TPSA) is 55.1 Å². The van der Waals surface area contributed by atoms with Crippen LogP contribution < -0.4 is 11.1 Å². The summed E-state index contributed by atoms with van der Waals surface area (Å²) in [5.74, 6) is 0.415. The first-order chi connectivity index (χ1) is 7.08. The zero-order valence-corrected chi connectivity index (χ0v) is 9.86. The molecule has 2 rings (SSSR count). The number of hydrogen-bond acceptors (Lipinski definition) is 3. The largest absolute Gasteiger partial charge is 0.390 e. The van der Waals surface area contributed by atoms with Crippen LogP contribution in [0.1, 0.15) is 47.8 Å². The van der Waals surface area contributed by atoms with Gasteiger partial charge in [0.25, 0.3) is 5.91 Å². The van der Waals surface area contributed by atoms with E-state index in [4.69, 9.17) is 5.73 Å². The molecule has 82 valence electrons. The van der Waals surface area contributed by atoms with Gasteiger partial charge in [-0.2, -0.15) is 0 Å². The molecule has 0 spiro atoms. The number of nitrogen functional groups attached to an aromatic ring is 1. The first-order valence-electron chi connectivity index (χ1n) is 5.28. The summed E-state index contributed by atoms with van der Waals surface area (Å²) in [7, 11) is 0. The van der Waals surface area contributed by atoms with Gasteiger partial charge in [0.2, 0.25) is 0 Å². The van der Waals surface area contributed by atoms with E-state index in [0.29, 0.717) is 22.5 Å². The van der Waals surface area contributed by atoms with Crippen LogP contribution in [0.15, 0.2) is 6.07 Å². The highest BCUT2D eigenvalue weighted by Gasteiger charge is 2.25. The first-order valence-corrected chi connectivity index (χ1v) is 6.09. The van der Waals surface area contributed by atoms with E-state index in [1.807, 2.05) is 6.07 Å². The van der Waals surface area contributed by atoms with Gasteiger partial charge in [-0.15, -0.1) is 11.3 Å². The van der Waals surface area contributed by atoms with Crippen molar-refractivity contribution in [1.82, 2.24) is 5.32 Å². The number of amides is 1. The van der Waals surface area contributed by atoms with Crippen LogP contribution in [0.3, 0.4) is 0 Å². The fourth-order valence-corrected chi connectivity index (χ4v) is 2.31. The van der Waals surface area contributed by atoms with Crippen molar-refractivity contribution in [3.05, 3.63) is 16.5 Å². The Balaban J connectivity index is 2.15. The zero-order valence-electron chi connectivity index (χ0n) is 9.04. The molecule has 1 aromatic heterocycles. The van der Waals surface area contributed by atoms with Gasteiger partial charge in [-0.3, -0.25) is 4.79 Å². The standard InChI is InChI=1S/C11H16N2OS/c1-6(2)9-5-8(10(12)15-9)11(14)13-7-3-4-7/h5-7H,3-4,12H2,1-2H3,(H,13,14). The molecule has 0 unspecified atom stereocenters. The molecule has 3 N–H and O–H groups in total. The Bertz CT molecular complexity index is 380. The molecular formula is C11H16N2OS. The van der Waals surface area contributed by atoms with Crippen LogP contribution in [-0.2, 0) is 0 Å². The molecule has 15 heavy (non-hydrogen) atoms. The number of thiophene rings is 1. The lowest BCUT2D eigenvalue weighted by Gasteiger charge is -2.01. The summed E-state index contributed by atoms with van der Waals surface area (Å²) in [4.78, 5) is 12.9. The summed E-state index contributed by atoms with van der Waals surface area (Å²) in [6, 6.07) is 2.31. The summed E-state index contributed by atoms with van der Waals surface area (Å²) in [5, 5.41) is 3.59. The number of anilines is 1. The van der Waals surface area contributed by atoms with Crippen LogP contribution in [0.25, 0.3) is 0 Å². The van der Waals surface area contributed by atoms with E-state index < -0.39 is 0 Å². The molecular weight excluding hydrogens is 208 g/mol. The van der Waals surface area contributed by atoms with Crippen molar-refractivity contribution in [2.24, 2.45) is 0 Å². The van der Waals surface area contributed by atoms with Gasteiger partial charge in [-0.05, 0) is 24.8 Å². The van der Waals surface area contributed by atoms with Gasteiger partial charge < -0.3 is 11.1 Å². The average molecular weight is 224 g/mol. The number of carbonyl (C=O) groups is 1. The molecule has 0 aliphatic heterocycles. The second-order valence-corrected chi connectivity index (χ2v) is 5.44. The minimum atomic E-state index is -0.0156. The molecule has 0 radical (unpaired) electrons. The molecule has 0 saturated heterocycles. The van der Waals surface area contributed by atoms with E-state index in [-0.39, 0.29) is 5.91 Å². The maximum Gasteiger partial charge on any atom is 0.254 e. The van der Waals surface area contributed by atoms with Gasteiger partial charge in [0.1, 0.15) is 0 Å². The van der Waals surface area contributed by atoms with Crippen molar-refractivity contribution in [1.29, 1.82) is 0 Å². The van der Waals surface area contributed by atoms with Crippen LogP contribution in [0.4, 0.5) is 5.00 Å². The van der Waals surface area contributed by atoms with Gasteiger partial charge >= 0.3 is 0 Å². The SMILES string of the molecule is CC(C)c1cc(C(=O)NC2CC2)c(N)s1. The fourth-order valence-electron chi connectivity index (χ4n) is 1.38. The van der Waals surface area contributed by atoms with E-state index in [1.165, 1.54) is 16.2 Å². The highest BCUT2D eigenvalue weighted by atomic mass is 32.1. The van der Waals surface area contributed by atoms with Crippen molar-refractivity contribution in [2.45, 2.75) is 38.6 Å². The van der Waals surface area contributed by atoms with E-state index >= 15 is 0 Å². The third kappa shape index (κ3) is 2.31. The van der Waals surface area contributed by atoms with Gasteiger partial charge in [0, 0.05) is 10.9 Å². The Hall–Kier alpha value is -1.03. The fraction of sp³-hybridized carbons (Fsp3) is 0.545.